The van der Waals surface area contributed by atoms with Gasteiger partial charge in [-0.1, -0.05) is 28.1 Å². The third kappa shape index (κ3) is 6.38. The van der Waals surface area contributed by atoms with Crippen LogP contribution in [0.3, 0.4) is 0 Å². The largest absolute Gasteiger partial charge is 0.379 e. The summed E-state index contributed by atoms with van der Waals surface area (Å²) in [5, 5.41) is 3.49. The molecule has 1 aromatic rings. The van der Waals surface area contributed by atoms with E-state index in [1.165, 1.54) is 12.1 Å². The van der Waals surface area contributed by atoms with Crippen LogP contribution in [0.5, 0.6) is 0 Å². The minimum absolute atomic E-state index is 0.127. The zero-order valence-electron chi connectivity index (χ0n) is 9.42. The molecule has 0 aromatic heterocycles. The number of nitrogens with one attached hydrogen (secondary N) is 1. The highest BCUT2D eigenvalue weighted by molar-refractivity contribution is 9.09. The number of amides is 1. The van der Waals surface area contributed by atoms with Crippen LogP contribution in [0.25, 0.3) is 0 Å². The van der Waals surface area contributed by atoms with Crippen molar-refractivity contribution in [2.24, 2.45) is 0 Å². The predicted octanol–water partition coefficient (Wildman–Crippen LogP) is 1.90. The lowest BCUT2D eigenvalue weighted by molar-refractivity contribution is -0.120. The monoisotopic (exact) mass is 303 g/mol. The molecule has 0 atom stereocenters. The first-order chi connectivity index (χ1) is 8.22. The lowest BCUT2D eigenvalue weighted by Crippen LogP contribution is -2.28. The van der Waals surface area contributed by atoms with E-state index < -0.39 is 0 Å². The Morgan fingerprint density at radius 2 is 2.24 bits per heavy atom. The Balaban J connectivity index is 2.21. The fourth-order valence-corrected chi connectivity index (χ4v) is 1.54. The Bertz CT molecular complexity index is 360. The maximum atomic E-state index is 12.9. The summed E-state index contributed by atoms with van der Waals surface area (Å²) in [6.07, 6.45) is 0.191. The molecule has 0 aliphatic rings. The zero-order chi connectivity index (χ0) is 12.5. The molecule has 5 heteroatoms. The second-order valence-corrected chi connectivity index (χ2v) is 4.25. The molecular weight excluding hydrogens is 289 g/mol. The molecule has 0 aliphatic heterocycles. The number of halogens is 2. The van der Waals surface area contributed by atoms with Crippen LogP contribution in [0.4, 0.5) is 4.39 Å². The van der Waals surface area contributed by atoms with Crippen molar-refractivity contribution in [2.45, 2.75) is 6.42 Å². The predicted molar refractivity (Wildman–Crippen MR) is 67.7 cm³/mol. The number of alkyl halides is 1. The molecule has 1 rings (SSSR count). The second kappa shape index (κ2) is 8.20. The summed E-state index contributed by atoms with van der Waals surface area (Å²) in [5.74, 6) is -0.450. The van der Waals surface area contributed by atoms with Crippen molar-refractivity contribution in [3.8, 4) is 0 Å². The molecule has 0 heterocycles. The summed E-state index contributed by atoms with van der Waals surface area (Å²) in [7, 11) is 0. The van der Waals surface area contributed by atoms with Crippen molar-refractivity contribution in [3.05, 3.63) is 35.6 Å². The van der Waals surface area contributed by atoms with Gasteiger partial charge in [-0.25, -0.2) is 4.39 Å². The maximum absolute atomic E-state index is 12.9. The average molecular weight is 304 g/mol. The van der Waals surface area contributed by atoms with E-state index in [2.05, 4.69) is 21.2 Å². The van der Waals surface area contributed by atoms with E-state index >= 15 is 0 Å². The van der Waals surface area contributed by atoms with Crippen molar-refractivity contribution in [2.75, 3.05) is 25.1 Å². The number of rotatable bonds is 7. The van der Waals surface area contributed by atoms with E-state index in [1.54, 1.807) is 12.1 Å². The molecule has 0 bridgehead atoms. The molecule has 1 N–H and O–H groups in total. The van der Waals surface area contributed by atoms with Gasteiger partial charge in [0.2, 0.25) is 5.91 Å². The van der Waals surface area contributed by atoms with E-state index in [4.69, 9.17) is 4.74 Å². The van der Waals surface area contributed by atoms with Crippen molar-refractivity contribution in [3.63, 3.8) is 0 Å². The molecular formula is C12H15BrFNO2. The van der Waals surface area contributed by atoms with Gasteiger partial charge in [0, 0.05) is 11.9 Å². The highest BCUT2D eigenvalue weighted by atomic mass is 79.9. The lowest BCUT2D eigenvalue weighted by atomic mass is 10.1. The second-order valence-electron chi connectivity index (χ2n) is 3.46. The van der Waals surface area contributed by atoms with Crippen LogP contribution in [-0.4, -0.2) is 31.0 Å². The van der Waals surface area contributed by atoms with E-state index in [0.29, 0.717) is 25.3 Å². The average Bonchev–Trinajstić information content (AvgIpc) is 2.29. The lowest BCUT2D eigenvalue weighted by Gasteiger charge is -2.05. The standard InChI is InChI=1S/C12H15BrFNO2/c13-4-6-17-7-5-15-12(16)9-10-2-1-3-11(14)8-10/h1-3,8H,4-7,9H2,(H,15,16). The third-order valence-electron chi connectivity index (χ3n) is 2.04. The Morgan fingerprint density at radius 1 is 1.41 bits per heavy atom. The highest BCUT2D eigenvalue weighted by Gasteiger charge is 2.03. The topological polar surface area (TPSA) is 38.3 Å². The highest BCUT2D eigenvalue weighted by Crippen LogP contribution is 2.03. The molecule has 0 saturated carbocycles. The van der Waals surface area contributed by atoms with Gasteiger partial charge in [0.1, 0.15) is 5.82 Å². The Labute approximate surface area is 108 Å². The number of benzene rings is 1. The first kappa shape index (κ1) is 14.1. The van der Waals surface area contributed by atoms with Gasteiger partial charge in [-0.3, -0.25) is 4.79 Å². The van der Waals surface area contributed by atoms with Crippen LogP contribution >= 0.6 is 15.9 Å². The Morgan fingerprint density at radius 3 is 2.94 bits per heavy atom. The molecule has 1 aromatic carbocycles. The van der Waals surface area contributed by atoms with Crippen LogP contribution in [0, 0.1) is 5.82 Å². The van der Waals surface area contributed by atoms with Gasteiger partial charge in [-0.05, 0) is 17.7 Å². The Kier molecular flexibility index (Phi) is 6.81. The number of carbonyl (C=O) groups is 1. The smallest absolute Gasteiger partial charge is 0.224 e. The summed E-state index contributed by atoms with van der Waals surface area (Å²) < 4.78 is 18.0. The molecule has 94 valence electrons. The van der Waals surface area contributed by atoms with Gasteiger partial charge < -0.3 is 10.1 Å². The molecule has 0 fully saturated rings. The van der Waals surface area contributed by atoms with E-state index in [-0.39, 0.29) is 18.1 Å². The van der Waals surface area contributed by atoms with E-state index in [1.807, 2.05) is 0 Å². The van der Waals surface area contributed by atoms with Crippen LogP contribution in [0.15, 0.2) is 24.3 Å². The summed E-state index contributed by atoms with van der Waals surface area (Å²) in [6.45, 7) is 1.58. The fourth-order valence-electron chi connectivity index (χ4n) is 1.31. The molecule has 3 nitrogen and oxygen atoms in total. The summed E-state index contributed by atoms with van der Waals surface area (Å²) in [4.78, 5) is 11.5. The van der Waals surface area contributed by atoms with Gasteiger partial charge in [-0.2, -0.15) is 0 Å². The van der Waals surface area contributed by atoms with Gasteiger partial charge in [0.25, 0.3) is 0 Å². The summed E-state index contributed by atoms with van der Waals surface area (Å²) in [6, 6.07) is 6.04. The van der Waals surface area contributed by atoms with Crippen LogP contribution in [0.2, 0.25) is 0 Å². The molecule has 0 saturated heterocycles. The van der Waals surface area contributed by atoms with Crippen LogP contribution in [-0.2, 0) is 16.0 Å². The van der Waals surface area contributed by atoms with Crippen molar-refractivity contribution < 1.29 is 13.9 Å². The normalized spacial score (nSPS) is 10.2. The van der Waals surface area contributed by atoms with Gasteiger partial charge in [0.05, 0.1) is 19.6 Å². The first-order valence-electron chi connectivity index (χ1n) is 5.37. The molecule has 17 heavy (non-hydrogen) atoms. The first-order valence-corrected chi connectivity index (χ1v) is 6.49. The van der Waals surface area contributed by atoms with Crippen molar-refractivity contribution >= 4 is 21.8 Å². The molecule has 0 aliphatic carbocycles. The van der Waals surface area contributed by atoms with Gasteiger partial charge >= 0.3 is 0 Å². The summed E-state index contributed by atoms with van der Waals surface area (Å²) in [5.41, 5.74) is 0.670. The number of carbonyl (C=O) groups excluding carboxylic acids is 1. The SMILES string of the molecule is O=C(Cc1cccc(F)c1)NCCOCCBr. The van der Waals surface area contributed by atoms with Crippen LogP contribution < -0.4 is 5.32 Å². The number of ether oxygens (including phenoxy) is 1. The van der Waals surface area contributed by atoms with Crippen molar-refractivity contribution in [1.29, 1.82) is 0 Å². The Hall–Kier alpha value is -0.940. The van der Waals surface area contributed by atoms with Gasteiger partial charge in [-0.15, -0.1) is 0 Å². The fraction of sp³-hybridized carbons (Fsp3) is 0.417. The molecule has 1 amide bonds. The maximum Gasteiger partial charge on any atom is 0.224 e. The van der Waals surface area contributed by atoms with Crippen molar-refractivity contribution in [1.82, 2.24) is 5.32 Å². The molecule has 0 unspecified atom stereocenters. The van der Waals surface area contributed by atoms with E-state index in [9.17, 15) is 9.18 Å². The van der Waals surface area contributed by atoms with Gasteiger partial charge in [0.15, 0.2) is 0 Å². The zero-order valence-corrected chi connectivity index (χ0v) is 11.0. The minimum Gasteiger partial charge on any atom is -0.379 e. The molecule has 0 radical (unpaired) electrons. The molecule has 0 spiro atoms. The summed E-state index contributed by atoms with van der Waals surface area (Å²) >= 11 is 3.23. The quantitative estimate of drug-likeness (QED) is 0.617. The third-order valence-corrected chi connectivity index (χ3v) is 2.37. The number of hydrogen-bond donors (Lipinski definition) is 1. The van der Waals surface area contributed by atoms with Crippen LogP contribution in [0.1, 0.15) is 5.56 Å². The minimum atomic E-state index is -0.323. The number of hydrogen-bond acceptors (Lipinski definition) is 2. The van der Waals surface area contributed by atoms with E-state index in [0.717, 1.165) is 5.33 Å².